The van der Waals surface area contributed by atoms with Gasteiger partial charge in [0, 0.05) is 19.2 Å². The molecule has 3 N–H and O–H groups in total. The number of nitrogens with zero attached hydrogens (tertiary/aromatic N) is 1. The number of rotatable bonds is 5. The first-order valence-electron chi connectivity index (χ1n) is 9.21. The van der Waals surface area contributed by atoms with Crippen LogP contribution in [0.15, 0.2) is 23.1 Å². The maximum Gasteiger partial charge on any atom is 0.490 e. The zero-order valence-corrected chi connectivity index (χ0v) is 21.3. The first-order valence-corrected chi connectivity index (χ1v) is 12.6. The highest BCUT2D eigenvalue weighted by molar-refractivity contribution is 7.93. The minimum absolute atomic E-state index is 0.0177. The van der Waals surface area contributed by atoms with Crippen LogP contribution < -0.4 is 4.72 Å². The van der Waals surface area contributed by atoms with Gasteiger partial charge in [-0.05, 0) is 25.6 Å². The van der Waals surface area contributed by atoms with Crippen molar-refractivity contribution in [1.82, 2.24) is 4.90 Å². The molecule has 3 rings (SSSR count). The monoisotopic (exact) mass is 598 g/mol. The first-order chi connectivity index (χ1) is 16.0. The standard InChI is InChI=1S/C16H15Cl3N2O5S2.C2HF3O2/c1-21-5-4-9(7-21)26-16(23)10-3-2-8(6-11(10)22)20-28(24,25)13-12(17)14(18)27-15(13)19;3-2(4,5)1(6)7/h2-3,6,9,20,22H,4-5,7H2,1H3;(H,6,7). The molecule has 1 saturated heterocycles. The molecule has 0 saturated carbocycles. The molecule has 9 nitrogen and oxygen atoms in total. The van der Waals surface area contributed by atoms with Crippen molar-refractivity contribution in [3.05, 3.63) is 37.5 Å². The Morgan fingerprint density at radius 2 is 1.83 bits per heavy atom. The van der Waals surface area contributed by atoms with E-state index >= 15 is 0 Å². The molecule has 0 aliphatic carbocycles. The lowest BCUT2D eigenvalue weighted by Crippen LogP contribution is -2.22. The van der Waals surface area contributed by atoms with E-state index in [0.717, 1.165) is 23.9 Å². The maximum atomic E-state index is 12.5. The molecular weight excluding hydrogens is 584 g/mol. The predicted molar refractivity (Wildman–Crippen MR) is 123 cm³/mol. The van der Waals surface area contributed by atoms with Gasteiger partial charge in [-0.3, -0.25) is 4.72 Å². The smallest absolute Gasteiger partial charge is 0.490 e. The Hall–Kier alpha value is -1.97. The molecule has 1 aromatic carbocycles. The summed E-state index contributed by atoms with van der Waals surface area (Å²) >= 11 is 18.5. The third kappa shape index (κ3) is 7.75. The Balaban J connectivity index is 0.000000540. The van der Waals surface area contributed by atoms with Crippen molar-refractivity contribution >= 4 is 73.8 Å². The van der Waals surface area contributed by atoms with E-state index in [1.54, 1.807) is 0 Å². The van der Waals surface area contributed by atoms with Crippen molar-refractivity contribution in [1.29, 1.82) is 0 Å². The van der Waals surface area contributed by atoms with Gasteiger partial charge in [-0.1, -0.05) is 34.8 Å². The summed E-state index contributed by atoms with van der Waals surface area (Å²) in [6.07, 6.45) is -4.62. The second kappa shape index (κ2) is 11.4. The average molecular weight is 600 g/mol. The highest BCUT2D eigenvalue weighted by Crippen LogP contribution is 2.43. The van der Waals surface area contributed by atoms with E-state index in [1.807, 2.05) is 11.9 Å². The summed E-state index contributed by atoms with van der Waals surface area (Å²) in [5.41, 5.74) is -0.0451. The van der Waals surface area contributed by atoms with Crippen LogP contribution in [0.3, 0.4) is 0 Å². The fourth-order valence-corrected chi connectivity index (χ4v) is 6.65. The molecule has 0 amide bonds. The highest BCUT2D eigenvalue weighted by atomic mass is 35.5. The Bertz CT molecular complexity index is 1220. The Kier molecular flexibility index (Phi) is 9.52. The molecule has 1 aliphatic heterocycles. The van der Waals surface area contributed by atoms with Crippen LogP contribution in [-0.4, -0.2) is 67.9 Å². The lowest BCUT2D eigenvalue weighted by molar-refractivity contribution is -0.192. The number of phenolic OH excluding ortho intramolecular Hbond substituents is 1. The largest absolute Gasteiger partial charge is 0.507 e. The lowest BCUT2D eigenvalue weighted by Gasteiger charge is -2.14. The number of phenols is 1. The van der Waals surface area contributed by atoms with Crippen molar-refractivity contribution in [2.45, 2.75) is 23.6 Å². The number of carboxylic acids is 1. The summed E-state index contributed by atoms with van der Waals surface area (Å²) in [6, 6.07) is 3.70. The molecule has 2 heterocycles. The van der Waals surface area contributed by atoms with Gasteiger partial charge >= 0.3 is 18.1 Å². The number of aromatic hydroxyl groups is 1. The number of sulfonamides is 1. The molecule has 1 unspecified atom stereocenters. The van der Waals surface area contributed by atoms with Crippen LogP contribution in [0, 0.1) is 0 Å². The number of esters is 1. The number of thiophene rings is 1. The minimum atomic E-state index is -5.08. The number of carboxylic acid groups (broad SMARTS) is 1. The van der Waals surface area contributed by atoms with Crippen molar-refractivity contribution < 1.29 is 46.1 Å². The van der Waals surface area contributed by atoms with Crippen LogP contribution in [0.25, 0.3) is 0 Å². The SMILES string of the molecule is CN1CCC(OC(=O)c2ccc(NS(=O)(=O)c3c(Cl)sc(Cl)c3Cl)cc2O)C1.O=C(O)C(F)(F)F. The molecule has 0 spiro atoms. The van der Waals surface area contributed by atoms with Gasteiger partial charge in [-0.25, -0.2) is 18.0 Å². The number of ether oxygens (including phenoxy) is 1. The number of anilines is 1. The number of likely N-dealkylation sites (N-methyl/N-ethyl adjacent to an activating group) is 1. The number of carbonyl (C=O) groups excluding carboxylic acids is 1. The number of benzene rings is 1. The van der Waals surface area contributed by atoms with E-state index in [2.05, 4.69) is 4.72 Å². The maximum absolute atomic E-state index is 12.5. The van der Waals surface area contributed by atoms with Gasteiger partial charge in [0.25, 0.3) is 10.0 Å². The predicted octanol–water partition coefficient (Wildman–Crippen LogP) is 4.71. The Morgan fingerprint density at radius 3 is 2.26 bits per heavy atom. The van der Waals surface area contributed by atoms with Crippen LogP contribution in [-0.2, 0) is 19.6 Å². The molecule has 1 atom stereocenters. The number of aliphatic carboxylic acids is 1. The first kappa shape index (κ1) is 29.3. The summed E-state index contributed by atoms with van der Waals surface area (Å²) in [5, 5.41) is 17.1. The average Bonchev–Trinajstić information content (AvgIpc) is 3.22. The zero-order chi connectivity index (χ0) is 26.7. The van der Waals surface area contributed by atoms with Crippen LogP contribution in [0.4, 0.5) is 18.9 Å². The minimum Gasteiger partial charge on any atom is -0.507 e. The van der Waals surface area contributed by atoms with Gasteiger partial charge in [0.2, 0.25) is 0 Å². The summed E-state index contributed by atoms with van der Waals surface area (Å²) in [5.74, 6) is -3.85. The zero-order valence-electron chi connectivity index (χ0n) is 17.4. The molecule has 1 aromatic heterocycles. The van der Waals surface area contributed by atoms with Gasteiger partial charge in [-0.15, -0.1) is 11.3 Å². The van der Waals surface area contributed by atoms with Crippen LogP contribution in [0.5, 0.6) is 5.75 Å². The van der Waals surface area contributed by atoms with Gasteiger partial charge in [0.15, 0.2) is 0 Å². The van der Waals surface area contributed by atoms with Gasteiger partial charge < -0.3 is 19.8 Å². The molecule has 17 heteroatoms. The second-order valence-corrected chi connectivity index (χ2v) is 11.2. The van der Waals surface area contributed by atoms with Crippen molar-refractivity contribution in [3.63, 3.8) is 0 Å². The van der Waals surface area contributed by atoms with E-state index in [9.17, 15) is 31.5 Å². The molecule has 0 radical (unpaired) electrons. The second-order valence-electron chi connectivity index (χ2n) is 7.01. The normalized spacial score (nSPS) is 16.4. The highest BCUT2D eigenvalue weighted by Gasteiger charge is 2.38. The number of carbonyl (C=O) groups is 2. The molecule has 194 valence electrons. The summed E-state index contributed by atoms with van der Waals surface area (Å²) in [4.78, 5) is 22.8. The van der Waals surface area contributed by atoms with Crippen molar-refractivity contribution in [2.75, 3.05) is 24.9 Å². The van der Waals surface area contributed by atoms with E-state index in [4.69, 9.17) is 49.4 Å². The molecule has 2 aromatic rings. The van der Waals surface area contributed by atoms with Crippen LogP contribution >= 0.6 is 46.1 Å². The molecule has 35 heavy (non-hydrogen) atoms. The lowest BCUT2D eigenvalue weighted by atomic mass is 10.2. The van der Waals surface area contributed by atoms with Crippen LogP contribution in [0.2, 0.25) is 13.7 Å². The summed E-state index contributed by atoms with van der Waals surface area (Å²) in [6.45, 7) is 1.44. The molecule has 1 aliphatic rings. The number of hydrogen-bond acceptors (Lipinski definition) is 8. The van der Waals surface area contributed by atoms with Gasteiger partial charge in [0.05, 0.1) is 10.7 Å². The molecule has 0 bridgehead atoms. The number of nitrogens with one attached hydrogen (secondary N) is 1. The van der Waals surface area contributed by atoms with E-state index < -0.39 is 33.9 Å². The van der Waals surface area contributed by atoms with E-state index in [1.165, 1.54) is 12.1 Å². The third-order valence-corrected chi connectivity index (χ3v) is 8.33. The van der Waals surface area contributed by atoms with Gasteiger partial charge in [0.1, 0.15) is 31.0 Å². The van der Waals surface area contributed by atoms with Crippen LogP contribution in [0.1, 0.15) is 16.8 Å². The number of hydrogen-bond donors (Lipinski definition) is 3. The van der Waals surface area contributed by atoms with Gasteiger partial charge in [-0.2, -0.15) is 13.2 Å². The fourth-order valence-electron chi connectivity index (χ4n) is 2.75. The molecular formula is C18H16Cl3F3N2O7S2. The number of alkyl halides is 3. The Morgan fingerprint density at radius 1 is 1.23 bits per heavy atom. The summed E-state index contributed by atoms with van der Waals surface area (Å²) < 4.78 is 64.4. The molecule has 1 fully saturated rings. The topological polar surface area (TPSA) is 133 Å². The summed E-state index contributed by atoms with van der Waals surface area (Å²) in [7, 11) is -2.23. The fraction of sp³-hybridized carbons (Fsp3) is 0.333. The Labute approximate surface area is 216 Å². The third-order valence-electron chi connectivity index (χ3n) is 4.33. The number of likely N-dealkylation sites (tertiary alicyclic amines) is 1. The number of halogens is 6. The van der Waals surface area contributed by atoms with Crippen molar-refractivity contribution in [3.8, 4) is 5.75 Å². The van der Waals surface area contributed by atoms with Crippen molar-refractivity contribution in [2.24, 2.45) is 0 Å². The quantitative estimate of drug-likeness (QED) is 0.421. The van der Waals surface area contributed by atoms with E-state index in [0.29, 0.717) is 13.0 Å². The van der Waals surface area contributed by atoms with E-state index in [-0.39, 0.29) is 35.9 Å².